The van der Waals surface area contributed by atoms with Crippen molar-refractivity contribution in [3.8, 4) is 11.5 Å². The Morgan fingerprint density at radius 1 is 1.05 bits per heavy atom. The van der Waals surface area contributed by atoms with Gasteiger partial charge < -0.3 is 14.9 Å². The monoisotopic (exact) mass is 308 g/mol. The molecule has 2 N–H and O–H groups in total. The molecule has 0 atom stereocenters. The third-order valence-electron chi connectivity index (χ3n) is 4.67. The summed E-state index contributed by atoms with van der Waals surface area (Å²) in [5, 5.41) is 19.6. The van der Waals surface area contributed by atoms with Crippen molar-refractivity contribution in [3.63, 3.8) is 0 Å². The Morgan fingerprint density at radius 3 is 1.77 bits per heavy atom. The molecule has 22 heavy (non-hydrogen) atoms. The van der Waals surface area contributed by atoms with Gasteiger partial charge in [0.1, 0.15) is 11.5 Å². The van der Waals surface area contributed by atoms with Gasteiger partial charge in [-0.05, 0) is 35.8 Å². The van der Waals surface area contributed by atoms with Gasteiger partial charge in [0.05, 0.1) is 0 Å². The van der Waals surface area contributed by atoms with E-state index in [2.05, 4.69) is 41.5 Å². The van der Waals surface area contributed by atoms with E-state index in [9.17, 15) is 9.90 Å². The average molecular weight is 308 g/mol. The highest BCUT2D eigenvalue weighted by Crippen LogP contribution is 2.43. The lowest BCUT2D eigenvalue weighted by molar-refractivity contribution is -0.139. The summed E-state index contributed by atoms with van der Waals surface area (Å²) in [6.07, 6.45) is 1.71. The number of benzene rings is 1. The van der Waals surface area contributed by atoms with Crippen LogP contribution in [0.1, 0.15) is 65.5 Å². The molecule has 4 nitrogen and oxygen atoms in total. The third kappa shape index (κ3) is 3.93. The molecular weight excluding hydrogens is 280 g/mol. The van der Waals surface area contributed by atoms with E-state index in [-0.39, 0.29) is 17.4 Å². The first kappa shape index (κ1) is 18.3. The molecule has 1 rings (SSSR count). The Balaban J connectivity index is 3.47. The molecule has 4 heteroatoms. The predicted octanol–water partition coefficient (Wildman–Crippen LogP) is 4.23. The summed E-state index contributed by atoms with van der Waals surface area (Å²) in [7, 11) is 0. The predicted molar refractivity (Wildman–Crippen MR) is 87.9 cm³/mol. The highest BCUT2D eigenvalue weighted by Gasteiger charge is 2.30. The summed E-state index contributed by atoms with van der Waals surface area (Å²) in [5.41, 5.74) is 1.17. The van der Waals surface area contributed by atoms with E-state index in [0.717, 1.165) is 24.0 Å². The van der Waals surface area contributed by atoms with Gasteiger partial charge in [0.25, 0.3) is 0 Å². The summed E-state index contributed by atoms with van der Waals surface area (Å²) in [5.74, 6) is -0.227. The minimum Gasteiger partial charge on any atom is -0.507 e. The quantitative estimate of drug-likeness (QED) is 0.791. The number of carboxylic acids is 1. The Morgan fingerprint density at radius 2 is 1.45 bits per heavy atom. The number of aliphatic carboxylic acids is 1. The van der Waals surface area contributed by atoms with Crippen LogP contribution in [0.25, 0.3) is 0 Å². The van der Waals surface area contributed by atoms with Gasteiger partial charge in [-0.2, -0.15) is 0 Å². The van der Waals surface area contributed by atoms with Crippen LogP contribution in [0.15, 0.2) is 12.1 Å². The van der Waals surface area contributed by atoms with Crippen LogP contribution in [0, 0.1) is 0 Å². The SMILES string of the molecule is CCC(C)(C)c1cc(OCC(=O)O)cc(C(C)(C)CC)c1O. The van der Waals surface area contributed by atoms with E-state index in [4.69, 9.17) is 9.84 Å². The summed E-state index contributed by atoms with van der Waals surface area (Å²) in [6.45, 7) is 12.0. The van der Waals surface area contributed by atoms with Crippen molar-refractivity contribution in [3.05, 3.63) is 23.3 Å². The number of hydrogen-bond donors (Lipinski definition) is 2. The minimum absolute atomic E-state index is 0.217. The molecule has 0 aliphatic carbocycles. The van der Waals surface area contributed by atoms with Crippen molar-refractivity contribution in [2.75, 3.05) is 6.61 Å². The van der Waals surface area contributed by atoms with Crippen LogP contribution in [-0.4, -0.2) is 22.8 Å². The number of carboxylic acid groups (broad SMARTS) is 1. The van der Waals surface area contributed by atoms with Gasteiger partial charge in [-0.3, -0.25) is 0 Å². The summed E-state index contributed by atoms with van der Waals surface area (Å²) >= 11 is 0. The molecule has 0 fully saturated rings. The molecule has 1 aromatic carbocycles. The molecule has 0 unspecified atom stereocenters. The molecule has 0 amide bonds. The molecule has 124 valence electrons. The second-order valence-corrected chi connectivity index (χ2v) is 7.02. The lowest BCUT2D eigenvalue weighted by atomic mass is 9.75. The van der Waals surface area contributed by atoms with Crippen LogP contribution in [-0.2, 0) is 15.6 Å². The fraction of sp³-hybridized carbons (Fsp3) is 0.611. The standard InChI is InChI=1S/C18H28O4/c1-7-17(3,4)13-9-12(22-11-15(19)20)10-14(16(13)21)18(5,6)8-2/h9-10,21H,7-8,11H2,1-6H3,(H,19,20). The van der Waals surface area contributed by atoms with Gasteiger partial charge in [0.15, 0.2) is 6.61 Å². The normalized spacial score (nSPS) is 12.3. The molecule has 0 saturated carbocycles. The molecule has 0 saturated heterocycles. The fourth-order valence-corrected chi connectivity index (χ4v) is 2.25. The molecule has 1 aromatic rings. The van der Waals surface area contributed by atoms with E-state index in [1.165, 1.54) is 0 Å². The van der Waals surface area contributed by atoms with Crippen molar-refractivity contribution >= 4 is 5.97 Å². The Bertz CT molecular complexity index is 507. The zero-order valence-electron chi connectivity index (χ0n) is 14.5. The van der Waals surface area contributed by atoms with Crippen LogP contribution in [0.4, 0.5) is 0 Å². The van der Waals surface area contributed by atoms with E-state index >= 15 is 0 Å². The van der Waals surface area contributed by atoms with Crippen molar-refractivity contribution in [2.45, 2.75) is 65.2 Å². The second-order valence-electron chi connectivity index (χ2n) is 7.02. The minimum atomic E-state index is -1.01. The van der Waals surface area contributed by atoms with Crippen molar-refractivity contribution in [1.29, 1.82) is 0 Å². The Hall–Kier alpha value is -1.71. The Labute approximate surface area is 133 Å². The van der Waals surface area contributed by atoms with Gasteiger partial charge in [0, 0.05) is 11.1 Å². The third-order valence-corrected chi connectivity index (χ3v) is 4.67. The number of aromatic hydroxyl groups is 1. The first-order valence-corrected chi connectivity index (χ1v) is 7.77. The van der Waals surface area contributed by atoms with Gasteiger partial charge in [-0.15, -0.1) is 0 Å². The van der Waals surface area contributed by atoms with E-state index in [0.29, 0.717) is 11.5 Å². The summed E-state index contributed by atoms with van der Waals surface area (Å²) < 4.78 is 5.37. The highest BCUT2D eigenvalue weighted by molar-refractivity contribution is 5.68. The van der Waals surface area contributed by atoms with Gasteiger partial charge in [-0.25, -0.2) is 4.79 Å². The molecule has 0 heterocycles. The number of carbonyl (C=O) groups is 1. The summed E-state index contributed by atoms with van der Waals surface area (Å²) in [6, 6.07) is 3.52. The number of hydrogen-bond acceptors (Lipinski definition) is 3. The topological polar surface area (TPSA) is 66.8 Å². The number of phenols is 1. The maximum atomic E-state index is 10.8. The number of rotatable bonds is 7. The molecular formula is C18H28O4. The van der Waals surface area contributed by atoms with Gasteiger partial charge in [-0.1, -0.05) is 41.5 Å². The molecule has 0 spiro atoms. The zero-order chi connectivity index (χ0) is 17.1. The summed E-state index contributed by atoms with van der Waals surface area (Å²) in [4.78, 5) is 10.7. The van der Waals surface area contributed by atoms with Crippen LogP contribution < -0.4 is 4.74 Å². The number of ether oxygens (including phenoxy) is 1. The first-order chi connectivity index (χ1) is 10.0. The zero-order valence-corrected chi connectivity index (χ0v) is 14.5. The first-order valence-electron chi connectivity index (χ1n) is 7.77. The van der Waals surface area contributed by atoms with Crippen molar-refractivity contribution in [1.82, 2.24) is 0 Å². The van der Waals surface area contributed by atoms with Crippen LogP contribution in [0.5, 0.6) is 11.5 Å². The lowest BCUT2D eigenvalue weighted by Gasteiger charge is -2.31. The average Bonchev–Trinajstić information content (AvgIpc) is 2.45. The largest absolute Gasteiger partial charge is 0.507 e. The molecule has 0 aromatic heterocycles. The van der Waals surface area contributed by atoms with E-state index in [1.54, 1.807) is 12.1 Å². The van der Waals surface area contributed by atoms with Crippen LogP contribution in [0.3, 0.4) is 0 Å². The van der Waals surface area contributed by atoms with Crippen molar-refractivity contribution < 1.29 is 19.7 Å². The van der Waals surface area contributed by atoms with Crippen molar-refractivity contribution in [2.24, 2.45) is 0 Å². The van der Waals surface area contributed by atoms with Crippen LogP contribution >= 0.6 is 0 Å². The lowest BCUT2D eigenvalue weighted by Crippen LogP contribution is -2.21. The second kappa shape index (κ2) is 6.59. The van der Waals surface area contributed by atoms with Crippen LogP contribution in [0.2, 0.25) is 0 Å². The maximum Gasteiger partial charge on any atom is 0.341 e. The fourth-order valence-electron chi connectivity index (χ4n) is 2.25. The van der Waals surface area contributed by atoms with Gasteiger partial charge >= 0.3 is 5.97 Å². The van der Waals surface area contributed by atoms with E-state index in [1.807, 2.05) is 0 Å². The molecule has 0 bridgehead atoms. The van der Waals surface area contributed by atoms with E-state index < -0.39 is 5.97 Å². The highest BCUT2D eigenvalue weighted by atomic mass is 16.5. The maximum absolute atomic E-state index is 10.8. The molecule has 0 aliphatic heterocycles. The number of phenolic OH excluding ortho intramolecular Hbond substituents is 1. The van der Waals surface area contributed by atoms with Gasteiger partial charge in [0.2, 0.25) is 0 Å². The molecule has 0 aliphatic rings. The molecule has 0 radical (unpaired) electrons. The Kier molecular flexibility index (Phi) is 5.49. The smallest absolute Gasteiger partial charge is 0.341 e.